The predicted octanol–water partition coefficient (Wildman–Crippen LogP) is 3.84. The van der Waals surface area contributed by atoms with Crippen molar-refractivity contribution >= 4 is 27.8 Å². The lowest BCUT2D eigenvalue weighted by atomic mass is 9.46. The molecular formula is C28H39FO9S. The van der Waals surface area contributed by atoms with Crippen molar-refractivity contribution in [2.45, 2.75) is 83.6 Å². The number of halogens is 1. The standard InChI is InChI=1S/C28H39FO9S/c1-5-6-7-12-36-25(33)38-28(23(32)16-37-39(4,34)35)11-9-19-18-14-21(29)20-13-17(30)8-10-26(20,2)24(18)22(31)15-27(19,28)3/h8,10,13,18-19,21-22,24,31H,5-7,9,11-12,14-16H2,1-4H3/t18-,19-,21-,22?,24+,26-,27-,28-/m0/s1. The van der Waals surface area contributed by atoms with Gasteiger partial charge in [-0.1, -0.05) is 39.7 Å². The number of rotatable bonds is 9. The fourth-order valence-corrected chi connectivity index (χ4v) is 8.28. The number of hydrogen-bond acceptors (Lipinski definition) is 9. The van der Waals surface area contributed by atoms with Crippen molar-refractivity contribution in [1.29, 1.82) is 0 Å². The molecule has 39 heavy (non-hydrogen) atoms. The summed E-state index contributed by atoms with van der Waals surface area (Å²) in [5.74, 6) is -2.16. The molecule has 11 heteroatoms. The molecule has 4 aliphatic rings. The van der Waals surface area contributed by atoms with Gasteiger partial charge in [-0.25, -0.2) is 9.18 Å². The van der Waals surface area contributed by atoms with Gasteiger partial charge >= 0.3 is 6.16 Å². The van der Waals surface area contributed by atoms with Gasteiger partial charge in [0.05, 0.1) is 19.0 Å². The van der Waals surface area contributed by atoms with Crippen LogP contribution in [0.4, 0.5) is 9.18 Å². The molecule has 218 valence electrons. The Balaban J connectivity index is 1.69. The number of aliphatic hydroxyl groups excluding tert-OH is 1. The van der Waals surface area contributed by atoms with Gasteiger partial charge in [-0.15, -0.1) is 0 Å². The van der Waals surface area contributed by atoms with Crippen LogP contribution in [0.3, 0.4) is 0 Å². The summed E-state index contributed by atoms with van der Waals surface area (Å²) in [5, 5.41) is 11.6. The number of carbonyl (C=O) groups is 3. The zero-order valence-corrected chi connectivity index (χ0v) is 23.8. The second-order valence-electron chi connectivity index (χ2n) is 12.0. The first kappa shape index (κ1) is 29.9. The van der Waals surface area contributed by atoms with E-state index in [0.717, 1.165) is 19.1 Å². The first-order valence-electron chi connectivity index (χ1n) is 13.7. The predicted molar refractivity (Wildman–Crippen MR) is 139 cm³/mol. The third-order valence-corrected chi connectivity index (χ3v) is 10.2. The Kier molecular flexibility index (Phi) is 8.20. The maximum atomic E-state index is 15.6. The van der Waals surface area contributed by atoms with E-state index in [4.69, 9.17) is 13.7 Å². The molecule has 0 aliphatic heterocycles. The van der Waals surface area contributed by atoms with Gasteiger partial charge in [0.15, 0.2) is 11.4 Å². The number of ketones is 2. The Morgan fingerprint density at radius 2 is 1.95 bits per heavy atom. The molecule has 1 unspecified atom stereocenters. The van der Waals surface area contributed by atoms with Crippen LogP contribution < -0.4 is 0 Å². The topological polar surface area (TPSA) is 133 Å². The third kappa shape index (κ3) is 5.22. The Labute approximate surface area is 229 Å². The van der Waals surface area contributed by atoms with Gasteiger partial charge in [-0.2, -0.15) is 8.42 Å². The summed E-state index contributed by atoms with van der Waals surface area (Å²) in [4.78, 5) is 38.6. The minimum absolute atomic E-state index is 0.0498. The highest BCUT2D eigenvalue weighted by Gasteiger charge is 2.71. The lowest BCUT2D eigenvalue weighted by Crippen LogP contribution is -2.64. The average Bonchev–Trinajstić information content (AvgIpc) is 3.13. The van der Waals surface area contributed by atoms with Crippen molar-refractivity contribution in [2.24, 2.45) is 28.6 Å². The second-order valence-corrected chi connectivity index (χ2v) is 13.6. The molecule has 0 aromatic carbocycles. The summed E-state index contributed by atoms with van der Waals surface area (Å²) in [6, 6.07) is 0. The number of carbonyl (C=O) groups excluding carboxylic acids is 3. The normalized spacial score (nSPS) is 39.3. The second kappa shape index (κ2) is 10.7. The first-order valence-corrected chi connectivity index (χ1v) is 15.5. The average molecular weight is 571 g/mol. The number of ether oxygens (including phenoxy) is 2. The summed E-state index contributed by atoms with van der Waals surface area (Å²) in [6.45, 7) is 4.84. The van der Waals surface area contributed by atoms with Crippen LogP contribution in [-0.2, 0) is 33.4 Å². The quantitative estimate of drug-likeness (QED) is 0.249. The summed E-state index contributed by atoms with van der Waals surface area (Å²) >= 11 is 0. The van der Waals surface area contributed by atoms with Gasteiger partial charge in [-0.05, 0) is 61.7 Å². The van der Waals surface area contributed by atoms with Crippen molar-refractivity contribution in [2.75, 3.05) is 19.5 Å². The van der Waals surface area contributed by atoms with Crippen LogP contribution in [-0.4, -0.2) is 68.6 Å². The number of fused-ring (bicyclic) bond motifs is 5. The Bertz CT molecular complexity index is 1180. The minimum atomic E-state index is -3.97. The van der Waals surface area contributed by atoms with E-state index in [2.05, 4.69) is 0 Å². The maximum Gasteiger partial charge on any atom is 0.509 e. The smallest absolute Gasteiger partial charge is 0.434 e. The number of alkyl halides is 1. The lowest BCUT2D eigenvalue weighted by Gasteiger charge is -2.60. The van der Waals surface area contributed by atoms with Crippen LogP contribution in [0, 0.1) is 28.6 Å². The molecular weight excluding hydrogens is 531 g/mol. The molecule has 3 fully saturated rings. The molecule has 0 amide bonds. The molecule has 8 atom stereocenters. The summed E-state index contributed by atoms with van der Waals surface area (Å²) in [6.07, 6.45) is 4.68. The number of aliphatic hydroxyl groups is 1. The summed E-state index contributed by atoms with van der Waals surface area (Å²) in [5.41, 5.74) is -3.49. The Morgan fingerprint density at radius 3 is 2.62 bits per heavy atom. The molecule has 4 rings (SSSR count). The molecule has 0 aromatic heterocycles. The van der Waals surface area contributed by atoms with E-state index in [1.807, 2.05) is 13.8 Å². The van der Waals surface area contributed by atoms with E-state index < -0.39 is 63.3 Å². The molecule has 0 saturated heterocycles. The number of hydrogen-bond donors (Lipinski definition) is 1. The Morgan fingerprint density at radius 1 is 1.23 bits per heavy atom. The summed E-state index contributed by atoms with van der Waals surface area (Å²) < 4.78 is 54.9. The highest BCUT2D eigenvalue weighted by Crippen LogP contribution is 2.68. The van der Waals surface area contributed by atoms with Crippen molar-refractivity contribution in [3.05, 3.63) is 23.8 Å². The van der Waals surface area contributed by atoms with Gasteiger partial charge < -0.3 is 14.6 Å². The van der Waals surface area contributed by atoms with E-state index in [1.54, 1.807) is 13.0 Å². The van der Waals surface area contributed by atoms with E-state index in [9.17, 15) is 27.9 Å². The number of Topliss-reactive ketones (excluding diaryl/α,β-unsaturated/α-hetero) is 1. The van der Waals surface area contributed by atoms with Crippen LogP contribution >= 0.6 is 0 Å². The molecule has 0 bridgehead atoms. The van der Waals surface area contributed by atoms with Gasteiger partial charge in [0.25, 0.3) is 10.1 Å². The van der Waals surface area contributed by atoms with Crippen molar-refractivity contribution in [3.8, 4) is 0 Å². The van der Waals surface area contributed by atoms with Gasteiger partial charge in [-0.3, -0.25) is 13.8 Å². The maximum absolute atomic E-state index is 15.6. The van der Waals surface area contributed by atoms with Crippen LogP contribution in [0.15, 0.2) is 23.8 Å². The highest BCUT2D eigenvalue weighted by molar-refractivity contribution is 7.86. The largest absolute Gasteiger partial charge is 0.509 e. The van der Waals surface area contributed by atoms with Gasteiger partial charge in [0, 0.05) is 16.7 Å². The number of unbranched alkanes of at least 4 members (excludes halogenated alkanes) is 2. The van der Waals surface area contributed by atoms with Crippen LogP contribution in [0.1, 0.15) is 65.7 Å². The van der Waals surface area contributed by atoms with E-state index in [0.29, 0.717) is 18.4 Å². The van der Waals surface area contributed by atoms with Crippen molar-refractivity contribution < 1.29 is 46.0 Å². The monoisotopic (exact) mass is 570 g/mol. The molecule has 0 spiro atoms. The van der Waals surface area contributed by atoms with E-state index in [1.165, 1.54) is 12.2 Å². The molecule has 9 nitrogen and oxygen atoms in total. The zero-order chi connectivity index (χ0) is 28.8. The fourth-order valence-electron chi connectivity index (χ4n) is 7.96. The molecule has 0 aromatic rings. The Hall–Kier alpha value is -2.11. The SMILES string of the molecule is CCCCCOC(=O)O[C@]1(C(=O)COS(C)(=O)=O)CC[C@H]2[C@@H]3C[C@H](F)C4=CC(=O)C=C[C@]4(C)[C@H]3C(O)C[C@@]21C. The van der Waals surface area contributed by atoms with Gasteiger partial charge in [0.1, 0.15) is 12.8 Å². The van der Waals surface area contributed by atoms with Crippen LogP contribution in [0.25, 0.3) is 0 Å². The van der Waals surface area contributed by atoms with Crippen molar-refractivity contribution in [1.82, 2.24) is 0 Å². The van der Waals surface area contributed by atoms with Crippen molar-refractivity contribution in [3.63, 3.8) is 0 Å². The molecule has 1 N–H and O–H groups in total. The van der Waals surface area contributed by atoms with Gasteiger partial charge in [0.2, 0.25) is 5.78 Å². The minimum Gasteiger partial charge on any atom is -0.434 e. The third-order valence-electron chi connectivity index (χ3n) is 9.68. The van der Waals surface area contributed by atoms with Crippen LogP contribution in [0.5, 0.6) is 0 Å². The van der Waals surface area contributed by atoms with Crippen LogP contribution in [0.2, 0.25) is 0 Å². The number of allylic oxidation sites excluding steroid dienone is 4. The van der Waals surface area contributed by atoms with E-state index >= 15 is 4.39 Å². The zero-order valence-electron chi connectivity index (χ0n) is 23.0. The lowest BCUT2D eigenvalue weighted by molar-refractivity contribution is -0.185. The molecule has 4 aliphatic carbocycles. The fraction of sp³-hybridized carbons (Fsp3) is 0.750. The molecule has 3 saturated carbocycles. The molecule has 0 radical (unpaired) electrons. The first-order chi connectivity index (χ1) is 18.2. The van der Waals surface area contributed by atoms with E-state index in [-0.39, 0.29) is 43.5 Å². The molecule has 0 heterocycles. The summed E-state index contributed by atoms with van der Waals surface area (Å²) in [7, 11) is -3.97. The highest BCUT2D eigenvalue weighted by atomic mass is 32.2.